The highest BCUT2D eigenvalue weighted by Gasteiger charge is 2.45. The van der Waals surface area contributed by atoms with Gasteiger partial charge in [-0.2, -0.15) is 0 Å². The summed E-state index contributed by atoms with van der Waals surface area (Å²) in [4.78, 5) is 30.9. The lowest BCUT2D eigenvalue weighted by Crippen LogP contribution is -2.32. The number of nitrogens with zero attached hydrogens (tertiary/aromatic N) is 4. The van der Waals surface area contributed by atoms with Crippen molar-refractivity contribution in [1.29, 1.82) is 0 Å². The lowest BCUT2D eigenvalue weighted by Gasteiger charge is -2.31. The summed E-state index contributed by atoms with van der Waals surface area (Å²) in [6.07, 6.45) is 3.16. The average molecular weight is 345 g/mol. The van der Waals surface area contributed by atoms with Crippen molar-refractivity contribution in [1.82, 2.24) is 19.5 Å². The number of nitrogens with two attached hydrogens (primary N) is 1. The molecule has 0 atom stereocenters. The van der Waals surface area contributed by atoms with Crippen LogP contribution in [0.2, 0.25) is 0 Å². The van der Waals surface area contributed by atoms with Gasteiger partial charge in [0.25, 0.3) is 0 Å². The molecule has 10 nitrogen and oxygen atoms in total. The Hall–Kier alpha value is -1.58. The quantitative estimate of drug-likeness (QED) is 0.363. The SMILES string of the molecule is CCC(CC)(OCOCn1cnc2c(N)ncnc21)P(=O)(O)O. The molecule has 0 saturated heterocycles. The van der Waals surface area contributed by atoms with Gasteiger partial charge in [0, 0.05) is 0 Å². The van der Waals surface area contributed by atoms with Crippen molar-refractivity contribution in [3.05, 3.63) is 12.7 Å². The number of aromatic nitrogens is 4. The van der Waals surface area contributed by atoms with E-state index in [-0.39, 0.29) is 32.2 Å². The maximum atomic E-state index is 11.6. The summed E-state index contributed by atoms with van der Waals surface area (Å²) in [5, 5.41) is -1.53. The maximum Gasteiger partial charge on any atom is 0.357 e. The van der Waals surface area contributed by atoms with Gasteiger partial charge >= 0.3 is 7.60 Å². The van der Waals surface area contributed by atoms with Crippen molar-refractivity contribution >= 4 is 24.6 Å². The van der Waals surface area contributed by atoms with E-state index in [9.17, 15) is 14.4 Å². The van der Waals surface area contributed by atoms with Crippen LogP contribution >= 0.6 is 7.60 Å². The number of hydrogen-bond acceptors (Lipinski definition) is 7. The summed E-state index contributed by atoms with van der Waals surface area (Å²) in [6, 6.07) is 0. The predicted octanol–water partition coefficient (Wildman–Crippen LogP) is 1.05. The zero-order chi connectivity index (χ0) is 17.1. The molecule has 0 spiro atoms. The highest BCUT2D eigenvalue weighted by atomic mass is 31.2. The standard InChI is InChI=1S/C12H20N5O5P/c1-3-12(4-2,23(18,19)20)22-8-21-7-17-6-16-9-10(13)14-5-15-11(9)17/h5-6H,3-4,7-8H2,1-2H3,(H2,13,14,15)(H2,18,19,20). The van der Waals surface area contributed by atoms with Gasteiger partial charge in [-0.05, 0) is 12.8 Å². The van der Waals surface area contributed by atoms with Crippen molar-refractivity contribution in [2.75, 3.05) is 12.5 Å². The molecule has 0 fully saturated rings. The molecule has 2 rings (SSSR count). The summed E-state index contributed by atoms with van der Waals surface area (Å²) < 4.78 is 23.9. The van der Waals surface area contributed by atoms with E-state index in [0.29, 0.717) is 11.2 Å². The minimum Gasteiger partial charge on any atom is -0.382 e. The lowest BCUT2D eigenvalue weighted by molar-refractivity contribution is -0.133. The molecule has 0 radical (unpaired) electrons. The molecule has 0 aromatic carbocycles. The smallest absolute Gasteiger partial charge is 0.357 e. The molecule has 0 aliphatic rings. The second-order valence-corrected chi connectivity index (χ2v) is 6.84. The van der Waals surface area contributed by atoms with Crippen LogP contribution in [-0.2, 0) is 20.8 Å². The number of nitrogen functional groups attached to an aromatic ring is 1. The van der Waals surface area contributed by atoms with Gasteiger partial charge in [0.15, 0.2) is 23.6 Å². The Kier molecular flexibility index (Phi) is 5.33. The van der Waals surface area contributed by atoms with Crippen LogP contribution in [0.1, 0.15) is 26.7 Å². The third-order valence-corrected chi connectivity index (χ3v) is 5.53. The Bertz CT molecular complexity index is 711. The number of anilines is 1. The number of rotatable bonds is 8. The summed E-state index contributed by atoms with van der Waals surface area (Å²) in [7, 11) is -4.41. The molecule has 11 heteroatoms. The van der Waals surface area contributed by atoms with Crippen LogP contribution in [0.25, 0.3) is 11.2 Å². The van der Waals surface area contributed by atoms with Gasteiger partial charge < -0.3 is 25.0 Å². The third kappa shape index (κ3) is 3.51. The fraction of sp³-hybridized carbons (Fsp3) is 0.583. The van der Waals surface area contributed by atoms with Gasteiger partial charge in [-0.3, -0.25) is 9.13 Å². The third-order valence-electron chi connectivity index (χ3n) is 3.71. The fourth-order valence-corrected chi connectivity index (χ4v) is 3.28. The van der Waals surface area contributed by atoms with E-state index in [1.54, 1.807) is 18.4 Å². The Balaban J connectivity index is 1.99. The van der Waals surface area contributed by atoms with Gasteiger partial charge in [0.1, 0.15) is 18.6 Å². The number of fused-ring (bicyclic) bond motifs is 1. The van der Waals surface area contributed by atoms with Crippen LogP contribution in [0.5, 0.6) is 0 Å². The van der Waals surface area contributed by atoms with Gasteiger partial charge in [-0.25, -0.2) is 15.0 Å². The molecular weight excluding hydrogens is 325 g/mol. The fourth-order valence-electron chi connectivity index (χ4n) is 2.23. The molecule has 4 N–H and O–H groups in total. The van der Waals surface area contributed by atoms with Gasteiger partial charge in [-0.1, -0.05) is 13.8 Å². The maximum absolute atomic E-state index is 11.6. The van der Waals surface area contributed by atoms with E-state index in [1.807, 2.05) is 0 Å². The second-order valence-electron chi connectivity index (χ2n) is 4.94. The van der Waals surface area contributed by atoms with E-state index in [0.717, 1.165) is 0 Å². The zero-order valence-corrected chi connectivity index (χ0v) is 13.8. The Morgan fingerprint density at radius 2 is 2.00 bits per heavy atom. The first-order valence-corrected chi connectivity index (χ1v) is 8.64. The zero-order valence-electron chi connectivity index (χ0n) is 12.9. The van der Waals surface area contributed by atoms with Crippen LogP contribution in [-0.4, -0.2) is 41.4 Å². The first-order chi connectivity index (χ1) is 10.8. The topological polar surface area (TPSA) is 146 Å². The van der Waals surface area contributed by atoms with Crippen LogP contribution < -0.4 is 5.73 Å². The molecular formula is C12H20N5O5P. The van der Waals surface area contributed by atoms with Crippen molar-refractivity contribution in [2.24, 2.45) is 0 Å². The summed E-state index contributed by atoms with van der Waals surface area (Å²) in [5.74, 6) is 0.266. The summed E-state index contributed by atoms with van der Waals surface area (Å²) in [6.45, 7) is 3.10. The molecule has 2 aromatic rings. The van der Waals surface area contributed by atoms with Crippen molar-refractivity contribution in [3.63, 3.8) is 0 Å². The summed E-state index contributed by atoms with van der Waals surface area (Å²) >= 11 is 0. The highest BCUT2D eigenvalue weighted by Crippen LogP contribution is 2.55. The molecule has 0 aliphatic carbocycles. The number of hydrogen-bond donors (Lipinski definition) is 3. The first kappa shape index (κ1) is 17.8. The Morgan fingerprint density at radius 1 is 1.30 bits per heavy atom. The molecule has 128 valence electrons. The largest absolute Gasteiger partial charge is 0.382 e. The van der Waals surface area contributed by atoms with Crippen molar-refractivity contribution < 1.29 is 23.8 Å². The Morgan fingerprint density at radius 3 is 2.61 bits per heavy atom. The van der Waals surface area contributed by atoms with Gasteiger partial charge in [0.05, 0.1) is 6.33 Å². The first-order valence-electron chi connectivity index (χ1n) is 7.03. The van der Waals surface area contributed by atoms with Crippen LogP contribution in [0.3, 0.4) is 0 Å². The van der Waals surface area contributed by atoms with E-state index in [4.69, 9.17) is 15.2 Å². The number of ether oxygens (including phenoxy) is 2. The van der Waals surface area contributed by atoms with Crippen LogP contribution in [0.15, 0.2) is 12.7 Å². The molecule has 0 saturated carbocycles. The van der Waals surface area contributed by atoms with E-state index >= 15 is 0 Å². The summed E-state index contributed by atoms with van der Waals surface area (Å²) in [5.41, 5.74) is 6.65. The van der Waals surface area contributed by atoms with Gasteiger partial charge in [-0.15, -0.1) is 0 Å². The normalized spacial score (nSPS) is 12.9. The van der Waals surface area contributed by atoms with Crippen molar-refractivity contribution in [3.8, 4) is 0 Å². The molecule has 0 aliphatic heterocycles. The number of imidazole rings is 1. The molecule has 0 amide bonds. The lowest BCUT2D eigenvalue weighted by atomic mass is 10.2. The van der Waals surface area contributed by atoms with Crippen LogP contribution in [0.4, 0.5) is 5.82 Å². The molecule has 0 unspecified atom stereocenters. The molecule has 2 aromatic heterocycles. The average Bonchev–Trinajstić information content (AvgIpc) is 2.91. The van der Waals surface area contributed by atoms with E-state index in [1.165, 1.54) is 12.7 Å². The van der Waals surface area contributed by atoms with Gasteiger partial charge in [0.2, 0.25) is 0 Å². The highest BCUT2D eigenvalue weighted by molar-refractivity contribution is 7.53. The van der Waals surface area contributed by atoms with Crippen LogP contribution in [0, 0.1) is 0 Å². The Labute approximate surface area is 132 Å². The van der Waals surface area contributed by atoms with E-state index < -0.39 is 12.9 Å². The second kappa shape index (κ2) is 6.90. The monoisotopic (exact) mass is 345 g/mol. The predicted molar refractivity (Wildman–Crippen MR) is 82.1 cm³/mol. The minimum atomic E-state index is -4.41. The molecule has 23 heavy (non-hydrogen) atoms. The minimum absolute atomic E-state index is 0.0532. The molecule has 2 heterocycles. The molecule has 0 bridgehead atoms. The van der Waals surface area contributed by atoms with E-state index in [2.05, 4.69) is 15.0 Å². The van der Waals surface area contributed by atoms with Crippen molar-refractivity contribution in [2.45, 2.75) is 38.8 Å².